The van der Waals surface area contributed by atoms with Crippen molar-refractivity contribution in [2.75, 3.05) is 6.54 Å². The summed E-state index contributed by atoms with van der Waals surface area (Å²) in [7, 11) is 0. The van der Waals surface area contributed by atoms with E-state index in [0.29, 0.717) is 13.0 Å². The van der Waals surface area contributed by atoms with E-state index in [2.05, 4.69) is 11.9 Å². The average Bonchev–Trinajstić information content (AvgIpc) is 2.72. The molecule has 2 heterocycles. The van der Waals surface area contributed by atoms with Gasteiger partial charge in [-0.3, -0.25) is 14.6 Å². The van der Waals surface area contributed by atoms with Crippen molar-refractivity contribution in [1.29, 1.82) is 0 Å². The zero-order chi connectivity index (χ0) is 13.8. The highest BCUT2D eigenvalue weighted by Gasteiger charge is 2.35. The third-order valence-electron chi connectivity index (χ3n) is 3.29. The van der Waals surface area contributed by atoms with E-state index in [1.807, 2.05) is 23.2 Å². The van der Waals surface area contributed by atoms with Gasteiger partial charge in [0.15, 0.2) is 5.12 Å². The van der Waals surface area contributed by atoms with Gasteiger partial charge in [-0.25, -0.2) is 0 Å². The molecule has 1 aromatic heterocycles. The van der Waals surface area contributed by atoms with Crippen LogP contribution < -0.4 is 0 Å². The molecule has 1 saturated heterocycles. The molecule has 1 aliphatic rings. The Labute approximate surface area is 117 Å². The van der Waals surface area contributed by atoms with E-state index in [-0.39, 0.29) is 22.3 Å². The van der Waals surface area contributed by atoms with Crippen LogP contribution in [0.25, 0.3) is 0 Å². The maximum absolute atomic E-state index is 12.1. The van der Waals surface area contributed by atoms with Crippen LogP contribution >= 0.6 is 11.8 Å². The summed E-state index contributed by atoms with van der Waals surface area (Å²) in [5.41, 5.74) is 1.06. The van der Waals surface area contributed by atoms with Gasteiger partial charge >= 0.3 is 0 Å². The first-order valence-electron chi connectivity index (χ1n) is 6.48. The molecule has 1 aromatic rings. The van der Waals surface area contributed by atoms with Crippen molar-refractivity contribution in [1.82, 2.24) is 9.88 Å². The van der Waals surface area contributed by atoms with Crippen molar-refractivity contribution < 1.29 is 9.59 Å². The second kappa shape index (κ2) is 6.19. The Morgan fingerprint density at radius 2 is 2.42 bits per heavy atom. The quantitative estimate of drug-likeness (QED) is 0.848. The van der Waals surface area contributed by atoms with Gasteiger partial charge in [0.25, 0.3) is 0 Å². The van der Waals surface area contributed by atoms with E-state index in [1.54, 1.807) is 13.1 Å². The fourth-order valence-electron chi connectivity index (χ4n) is 2.52. The number of hydrogen-bond acceptors (Lipinski definition) is 4. The van der Waals surface area contributed by atoms with Gasteiger partial charge in [-0.2, -0.15) is 0 Å². The number of likely N-dealkylation sites (tertiary alicyclic amines) is 1. The summed E-state index contributed by atoms with van der Waals surface area (Å²) < 4.78 is 0. The van der Waals surface area contributed by atoms with Crippen LogP contribution in [0.15, 0.2) is 24.5 Å². The number of carbonyl (C=O) groups excluding carboxylic acids is 2. The van der Waals surface area contributed by atoms with E-state index in [0.717, 1.165) is 12.0 Å². The number of carbonyl (C=O) groups is 2. The smallest absolute Gasteiger partial charge is 0.224 e. The van der Waals surface area contributed by atoms with E-state index in [4.69, 9.17) is 0 Å². The van der Waals surface area contributed by atoms with Crippen LogP contribution in [0.1, 0.15) is 38.3 Å². The largest absolute Gasteiger partial charge is 0.334 e. The molecule has 0 radical (unpaired) electrons. The fraction of sp³-hybridized carbons (Fsp3) is 0.500. The van der Waals surface area contributed by atoms with Gasteiger partial charge in [0.05, 0.1) is 6.04 Å². The van der Waals surface area contributed by atoms with Crippen molar-refractivity contribution in [2.45, 2.75) is 38.0 Å². The maximum atomic E-state index is 12.1. The highest BCUT2D eigenvalue weighted by Crippen LogP contribution is 2.32. The molecule has 0 aromatic carbocycles. The van der Waals surface area contributed by atoms with E-state index in [1.165, 1.54) is 11.8 Å². The van der Waals surface area contributed by atoms with Crippen LogP contribution in [0.3, 0.4) is 0 Å². The second-order valence-electron chi connectivity index (χ2n) is 4.69. The Morgan fingerprint density at radius 1 is 1.63 bits per heavy atom. The fourth-order valence-corrected chi connectivity index (χ4v) is 3.45. The Bertz CT molecular complexity index is 464. The first kappa shape index (κ1) is 14.1. The maximum Gasteiger partial charge on any atom is 0.224 e. The molecule has 0 saturated carbocycles. The number of hydrogen-bond donors (Lipinski definition) is 0. The summed E-state index contributed by atoms with van der Waals surface area (Å²) >= 11 is 1.28. The Kier molecular flexibility index (Phi) is 4.58. The van der Waals surface area contributed by atoms with Crippen LogP contribution in [-0.2, 0) is 9.59 Å². The predicted molar refractivity (Wildman–Crippen MR) is 75.7 cm³/mol. The molecule has 102 valence electrons. The molecule has 2 rings (SSSR count). The molecule has 0 bridgehead atoms. The zero-order valence-corrected chi connectivity index (χ0v) is 12.0. The molecule has 2 unspecified atom stereocenters. The summed E-state index contributed by atoms with van der Waals surface area (Å²) in [4.78, 5) is 29.3. The molecule has 0 spiro atoms. The SMILES string of the molecule is CCC(c1cccnc1)N1CC(SC(C)=O)CC1=O. The molecule has 19 heavy (non-hydrogen) atoms. The van der Waals surface area contributed by atoms with Crippen molar-refractivity contribution in [3.8, 4) is 0 Å². The number of aromatic nitrogens is 1. The summed E-state index contributed by atoms with van der Waals surface area (Å²) in [6.07, 6.45) is 4.86. The third-order valence-corrected chi connectivity index (χ3v) is 4.27. The van der Waals surface area contributed by atoms with Gasteiger partial charge in [0, 0.05) is 37.5 Å². The van der Waals surface area contributed by atoms with Crippen LogP contribution in [0.5, 0.6) is 0 Å². The third kappa shape index (κ3) is 3.35. The molecule has 0 N–H and O–H groups in total. The lowest BCUT2D eigenvalue weighted by atomic mass is 10.1. The predicted octanol–water partition coefficient (Wildman–Crippen LogP) is 2.41. The minimum Gasteiger partial charge on any atom is -0.334 e. The molecule has 1 fully saturated rings. The first-order valence-corrected chi connectivity index (χ1v) is 7.36. The molecule has 0 aliphatic carbocycles. The number of rotatable bonds is 4. The molecule has 5 heteroatoms. The lowest BCUT2D eigenvalue weighted by molar-refractivity contribution is -0.129. The van der Waals surface area contributed by atoms with E-state index in [9.17, 15) is 9.59 Å². The Morgan fingerprint density at radius 3 is 3.00 bits per heavy atom. The van der Waals surface area contributed by atoms with Gasteiger partial charge in [0.1, 0.15) is 0 Å². The Balaban J connectivity index is 2.12. The van der Waals surface area contributed by atoms with Gasteiger partial charge in [-0.1, -0.05) is 24.8 Å². The molecular formula is C14H18N2O2S. The number of amides is 1. The number of thioether (sulfide) groups is 1. The standard InChI is InChI=1S/C14H18N2O2S/c1-3-13(11-5-4-6-15-8-11)16-9-12(7-14(16)18)19-10(2)17/h4-6,8,12-13H,3,7,9H2,1-2H3. The van der Waals surface area contributed by atoms with Crippen molar-refractivity contribution in [3.63, 3.8) is 0 Å². The molecule has 1 aliphatic heterocycles. The minimum atomic E-state index is 0.0683. The topological polar surface area (TPSA) is 50.3 Å². The van der Waals surface area contributed by atoms with Crippen molar-refractivity contribution in [2.24, 2.45) is 0 Å². The van der Waals surface area contributed by atoms with Crippen LogP contribution in [-0.4, -0.2) is 32.7 Å². The number of nitrogens with zero attached hydrogens (tertiary/aromatic N) is 2. The zero-order valence-electron chi connectivity index (χ0n) is 11.2. The average molecular weight is 278 g/mol. The van der Waals surface area contributed by atoms with E-state index < -0.39 is 0 Å². The lowest BCUT2D eigenvalue weighted by Crippen LogP contribution is -2.30. The first-order chi connectivity index (χ1) is 9.11. The van der Waals surface area contributed by atoms with Crippen LogP contribution in [0, 0.1) is 0 Å². The van der Waals surface area contributed by atoms with Crippen LogP contribution in [0.2, 0.25) is 0 Å². The monoisotopic (exact) mass is 278 g/mol. The molecular weight excluding hydrogens is 260 g/mol. The second-order valence-corrected chi connectivity index (χ2v) is 6.17. The summed E-state index contributed by atoms with van der Waals surface area (Å²) in [5.74, 6) is 0.134. The summed E-state index contributed by atoms with van der Waals surface area (Å²) in [6, 6.07) is 3.96. The highest BCUT2D eigenvalue weighted by atomic mass is 32.2. The highest BCUT2D eigenvalue weighted by molar-refractivity contribution is 8.14. The van der Waals surface area contributed by atoms with Crippen molar-refractivity contribution >= 4 is 22.8 Å². The van der Waals surface area contributed by atoms with Gasteiger partial charge in [-0.15, -0.1) is 0 Å². The summed E-state index contributed by atoms with van der Waals surface area (Å²) in [6.45, 7) is 4.27. The van der Waals surface area contributed by atoms with Gasteiger partial charge < -0.3 is 4.90 Å². The molecule has 4 nitrogen and oxygen atoms in total. The van der Waals surface area contributed by atoms with E-state index >= 15 is 0 Å². The van der Waals surface area contributed by atoms with Gasteiger partial charge in [0.2, 0.25) is 5.91 Å². The lowest BCUT2D eigenvalue weighted by Gasteiger charge is -2.27. The van der Waals surface area contributed by atoms with Crippen LogP contribution in [0.4, 0.5) is 0 Å². The summed E-state index contributed by atoms with van der Waals surface area (Å²) in [5, 5.41) is 0.171. The Hall–Kier alpha value is -1.36. The molecule has 1 amide bonds. The number of pyridine rings is 1. The van der Waals surface area contributed by atoms with Gasteiger partial charge in [-0.05, 0) is 18.1 Å². The normalized spacial score (nSPS) is 20.6. The van der Waals surface area contributed by atoms with Crippen molar-refractivity contribution in [3.05, 3.63) is 30.1 Å². The minimum absolute atomic E-state index is 0.0683. The molecule has 2 atom stereocenters.